The molecule has 82 valence electrons. The summed E-state index contributed by atoms with van der Waals surface area (Å²) in [5.41, 5.74) is 2.48. The highest BCUT2D eigenvalue weighted by molar-refractivity contribution is 7.98. The average molecular weight is 234 g/mol. The lowest BCUT2D eigenvalue weighted by molar-refractivity contribution is 0.572. The number of rotatable bonds is 3. The summed E-state index contributed by atoms with van der Waals surface area (Å²) in [5, 5.41) is 0.663. The lowest BCUT2D eigenvalue weighted by atomic mass is 10.1. The van der Waals surface area contributed by atoms with E-state index in [4.69, 9.17) is 0 Å². The summed E-state index contributed by atoms with van der Waals surface area (Å²) in [6.07, 6.45) is 1.25. The number of aryl methyl sites for hydroxylation is 1. The molecule has 1 aromatic heterocycles. The van der Waals surface area contributed by atoms with Crippen LogP contribution in [0.3, 0.4) is 0 Å². The Morgan fingerprint density at radius 3 is 2.81 bits per heavy atom. The minimum absolute atomic E-state index is 0.484. The molecule has 0 aliphatic rings. The molecule has 0 aliphatic heterocycles. The number of nitrogens with zero attached hydrogens (tertiary/aromatic N) is 2. The second-order valence-corrected chi connectivity index (χ2v) is 4.39. The fourth-order valence-corrected chi connectivity index (χ4v) is 2.25. The van der Waals surface area contributed by atoms with Gasteiger partial charge in [-0.2, -0.15) is 4.39 Å². The van der Waals surface area contributed by atoms with Gasteiger partial charge in [0.1, 0.15) is 11.4 Å². The summed E-state index contributed by atoms with van der Waals surface area (Å²) < 4.78 is 12.8. The number of hydrogen-bond acceptors (Lipinski definition) is 3. The monoisotopic (exact) mass is 234 g/mol. The summed E-state index contributed by atoms with van der Waals surface area (Å²) >= 11 is 1.51. The fraction of sp³-hybridized carbons (Fsp3) is 0.167. The topological polar surface area (TPSA) is 25.8 Å². The van der Waals surface area contributed by atoms with E-state index in [0.717, 1.165) is 5.75 Å². The van der Waals surface area contributed by atoms with Crippen LogP contribution >= 0.6 is 11.8 Å². The van der Waals surface area contributed by atoms with Gasteiger partial charge in [-0.15, -0.1) is 11.8 Å². The molecular weight excluding hydrogens is 223 g/mol. The molecule has 0 radical (unpaired) electrons. The van der Waals surface area contributed by atoms with Gasteiger partial charge >= 0.3 is 0 Å². The van der Waals surface area contributed by atoms with Crippen molar-refractivity contribution in [1.82, 2.24) is 9.97 Å². The lowest BCUT2D eigenvalue weighted by Crippen LogP contribution is -1.89. The molecule has 2 nitrogen and oxygen atoms in total. The third-order valence-corrected chi connectivity index (χ3v) is 3.22. The first-order valence-electron chi connectivity index (χ1n) is 4.90. The third-order valence-electron chi connectivity index (χ3n) is 2.25. The standard InChI is InChI=1S/C12H11FN2S/c1-9-4-2-3-5-10(9)7-16-12-6-11(13)14-8-15-12/h2-6,8H,7H2,1H3. The normalized spacial score (nSPS) is 10.4. The molecule has 2 aromatic rings. The molecule has 4 heteroatoms. The SMILES string of the molecule is Cc1ccccc1CSc1cc(F)ncn1. The van der Waals surface area contributed by atoms with E-state index in [9.17, 15) is 4.39 Å². The maximum absolute atomic E-state index is 12.8. The zero-order valence-corrected chi connectivity index (χ0v) is 9.67. The van der Waals surface area contributed by atoms with E-state index in [-0.39, 0.29) is 0 Å². The van der Waals surface area contributed by atoms with Gasteiger partial charge in [0.15, 0.2) is 0 Å². The van der Waals surface area contributed by atoms with Crippen LogP contribution in [0.2, 0.25) is 0 Å². The van der Waals surface area contributed by atoms with Gasteiger partial charge in [-0.1, -0.05) is 24.3 Å². The van der Waals surface area contributed by atoms with E-state index < -0.39 is 5.95 Å². The molecule has 0 atom stereocenters. The number of halogens is 1. The number of hydrogen-bond donors (Lipinski definition) is 0. The van der Waals surface area contributed by atoms with Crippen LogP contribution in [-0.4, -0.2) is 9.97 Å². The van der Waals surface area contributed by atoms with Crippen LogP contribution in [0.1, 0.15) is 11.1 Å². The van der Waals surface area contributed by atoms with Crippen LogP contribution in [-0.2, 0) is 5.75 Å². The van der Waals surface area contributed by atoms with Gasteiger partial charge in [0.2, 0.25) is 5.95 Å². The predicted octanol–water partition coefficient (Wildman–Crippen LogP) is 3.22. The zero-order valence-electron chi connectivity index (χ0n) is 8.85. The highest BCUT2D eigenvalue weighted by Gasteiger charge is 2.01. The number of thioether (sulfide) groups is 1. The minimum atomic E-state index is -0.484. The molecular formula is C12H11FN2S. The van der Waals surface area contributed by atoms with Crippen LogP contribution in [0, 0.1) is 12.9 Å². The van der Waals surface area contributed by atoms with E-state index in [1.807, 2.05) is 12.1 Å². The summed E-state index contributed by atoms with van der Waals surface area (Å²) in [5.74, 6) is 0.311. The number of aromatic nitrogens is 2. The van der Waals surface area contributed by atoms with Crippen LogP contribution < -0.4 is 0 Å². The summed E-state index contributed by atoms with van der Waals surface area (Å²) in [6, 6.07) is 9.50. The Bertz CT molecular complexity index is 488. The van der Waals surface area contributed by atoms with E-state index >= 15 is 0 Å². The lowest BCUT2D eigenvalue weighted by Gasteiger charge is -2.04. The zero-order chi connectivity index (χ0) is 11.4. The van der Waals surface area contributed by atoms with Gasteiger partial charge in [0, 0.05) is 11.8 Å². The van der Waals surface area contributed by atoms with E-state index in [1.165, 1.54) is 35.3 Å². The minimum Gasteiger partial charge on any atom is -0.230 e. The van der Waals surface area contributed by atoms with Crippen molar-refractivity contribution in [2.45, 2.75) is 17.7 Å². The van der Waals surface area contributed by atoms with Gasteiger partial charge in [-0.05, 0) is 18.1 Å². The summed E-state index contributed by atoms with van der Waals surface area (Å²) in [7, 11) is 0. The Kier molecular flexibility index (Phi) is 3.51. The molecule has 16 heavy (non-hydrogen) atoms. The first-order valence-corrected chi connectivity index (χ1v) is 5.89. The van der Waals surface area contributed by atoms with Gasteiger partial charge in [-0.3, -0.25) is 0 Å². The van der Waals surface area contributed by atoms with Crippen molar-refractivity contribution >= 4 is 11.8 Å². The Labute approximate surface area is 97.9 Å². The van der Waals surface area contributed by atoms with Crippen LogP contribution in [0.4, 0.5) is 4.39 Å². The van der Waals surface area contributed by atoms with Crippen LogP contribution in [0.5, 0.6) is 0 Å². The van der Waals surface area contributed by atoms with Crippen molar-refractivity contribution < 1.29 is 4.39 Å². The molecule has 0 saturated carbocycles. The van der Waals surface area contributed by atoms with E-state index in [1.54, 1.807) is 0 Å². The molecule has 0 unspecified atom stereocenters. The van der Waals surface area contributed by atoms with Crippen molar-refractivity contribution in [3.63, 3.8) is 0 Å². The molecule has 2 rings (SSSR count). The molecule has 0 bridgehead atoms. The Balaban J connectivity index is 2.05. The van der Waals surface area contributed by atoms with Gasteiger partial charge < -0.3 is 0 Å². The van der Waals surface area contributed by atoms with Crippen LogP contribution in [0.25, 0.3) is 0 Å². The Morgan fingerprint density at radius 1 is 1.25 bits per heavy atom. The van der Waals surface area contributed by atoms with E-state index in [2.05, 4.69) is 29.0 Å². The van der Waals surface area contributed by atoms with E-state index in [0.29, 0.717) is 5.03 Å². The van der Waals surface area contributed by atoms with Crippen molar-refractivity contribution in [2.75, 3.05) is 0 Å². The summed E-state index contributed by atoms with van der Waals surface area (Å²) in [6.45, 7) is 2.07. The Morgan fingerprint density at radius 2 is 2.06 bits per heavy atom. The molecule has 0 fully saturated rings. The highest BCUT2D eigenvalue weighted by atomic mass is 32.2. The molecule has 1 aromatic carbocycles. The molecule has 0 N–H and O–H groups in total. The smallest absolute Gasteiger partial charge is 0.217 e. The Hall–Kier alpha value is -1.42. The van der Waals surface area contributed by atoms with Crippen LogP contribution in [0.15, 0.2) is 41.7 Å². The summed E-state index contributed by atoms with van der Waals surface area (Å²) in [4.78, 5) is 7.42. The van der Waals surface area contributed by atoms with Gasteiger partial charge in [-0.25, -0.2) is 9.97 Å². The molecule has 0 aliphatic carbocycles. The fourth-order valence-electron chi connectivity index (χ4n) is 1.32. The average Bonchev–Trinajstić information content (AvgIpc) is 2.28. The maximum Gasteiger partial charge on any atom is 0.217 e. The third kappa shape index (κ3) is 2.79. The van der Waals surface area contributed by atoms with Crippen molar-refractivity contribution in [3.05, 3.63) is 53.7 Å². The first-order chi connectivity index (χ1) is 7.75. The van der Waals surface area contributed by atoms with Crippen molar-refractivity contribution in [3.8, 4) is 0 Å². The molecule has 0 spiro atoms. The van der Waals surface area contributed by atoms with Crippen molar-refractivity contribution in [2.24, 2.45) is 0 Å². The second-order valence-electron chi connectivity index (χ2n) is 3.39. The molecule has 0 amide bonds. The first kappa shape index (κ1) is 11.1. The van der Waals surface area contributed by atoms with Crippen molar-refractivity contribution in [1.29, 1.82) is 0 Å². The number of benzene rings is 1. The largest absolute Gasteiger partial charge is 0.230 e. The molecule has 1 heterocycles. The predicted molar refractivity (Wildman–Crippen MR) is 62.7 cm³/mol. The highest BCUT2D eigenvalue weighted by Crippen LogP contribution is 2.22. The second kappa shape index (κ2) is 5.07. The maximum atomic E-state index is 12.8. The van der Waals surface area contributed by atoms with Gasteiger partial charge in [0.05, 0.1) is 0 Å². The van der Waals surface area contributed by atoms with Gasteiger partial charge in [0.25, 0.3) is 0 Å². The molecule has 0 saturated heterocycles. The quantitative estimate of drug-likeness (QED) is 0.602.